The first-order chi connectivity index (χ1) is 14.5. The summed E-state index contributed by atoms with van der Waals surface area (Å²) < 4.78 is 0. The molecule has 1 atom stereocenters. The van der Waals surface area contributed by atoms with Crippen LogP contribution in [0, 0.1) is 0 Å². The fraction of sp³-hybridized carbons (Fsp3) is 0.120. The van der Waals surface area contributed by atoms with E-state index in [2.05, 4.69) is 29.6 Å². The largest absolute Gasteiger partial charge is 0.345 e. The molecule has 0 saturated heterocycles. The topological polar surface area (TPSA) is 49.4 Å². The van der Waals surface area contributed by atoms with Crippen molar-refractivity contribution in [1.82, 2.24) is 5.32 Å². The Bertz CT molecular complexity index is 1200. The van der Waals surface area contributed by atoms with Gasteiger partial charge in [-0.15, -0.1) is 11.3 Å². The first kappa shape index (κ1) is 19.9. The highest BCUT2D eigenvalue weighted by atomic mass is 32.1. The highest BCUT2D eigenvalue weighted by Gasteiger charge is 2.21. The first-order valence-electron chi connectivity index (χ1n) is 9.75. The van der Waals surface area contributed by atoms with Gasteiger partial charge in [-0.3, -0.25) is 9.59 Å². The Balaban J connectivity index is 1.56. The molecule has 1 aromatic heterocycles. The number of fused-ring (bicyclic) bond motifs is 1. The molecule has 0 spiro atoms. The lowest BCUT2D eigenvalue weighted by molar-refractivity contribution is 0.0940. The molecule has 4 rings (SSSR count). The van der Waals surface area contributed by atoms with Crippen molar-refractivity contribution in [2.75, 3.05) is 11.9 Å². The van der Waals surface area contributed by atoms with Gasteiger partial charge in [-0.25, -0.2) is 0 Å². The van der Waals surface area contributed by atoms with Crippen LogP contribution in [0.5, 0.6) is 0 Å². The maximum absolute atomic E-state index is 13.1. The first-order valence-corrected chi connectivity index (χ1v) is 10.6. The Morgan fingerprint density at radius 1 is 0.900 bits per heavy atom. The van der Waals surface area contributed by atoms with Gasteiger partial charge in [-0.2, -0.15) is 0 Å². The molecular formula is C25H22N2O2S. The average Bonchev–Trinajstić information content (AvgIpc) is 3.32. The number of benzene rings is 3. The number of hydrogen-bond donors (Lipinski definition) is 1. The van der Waals surface area contributed by atoms with Crippen molar-refractivity contribution < 1.29 is 9.59 Å². The zero-order valence-electron chi connectivity index (χ0n) is 16.8. The van der Waals surface area contributed by atoms with Gasteiger partial charge in [0.2, 0.25) is 0 Å². The van der Waals surface area contributed by atoms with Crippen LogP contribution in [-0.4, -0.2) is 18.9 Å². The number of amides is 2. The van der Waals surface area contributed by atoms with E-state index in [9.17, 15) is 9.59 Å². The van der Waals surface area contributed by atoms with Gasteiger partial charge in [0, 0.05) is 7.05 Å². The number of hydrogen-bond acceptors (Lipinski definition) is 3. The highest BCUT2D eigenvalue weighted by Crippen LogP contribution is 2.25. The van der Waals surface area contributed by atoms with Crippen LogP contribution in [0.3, 0.4) is 0 Å². The second-order valence-electron chi connectivity index (χ2n) is 7.16. The van der Waals surface area contributed by atoms with Crippen molar-refractivity contribution in [3.8, 4) is 0 Å². The number of para-hydroxylation sites is 1. The number of nitrogens with one attached hydrogen (secondary N) is 1. The summed E-state index contributed by atoms with van der Waals surface area (Å²) in [7, 11) is 1.70. The van der Waals surface area contributed by atoms with Gasteiger partial charge in [0.15, 0.2) is 0 Å². The Hall–Kier alpha value is -3.44. The molecule has 0 aliphatic carbocycles. The van der Waals surface area contributed by atoms with E-state index < -0.39 is 0 Å². The Labute approximate surface area is 179 Å². The molecule has 30 heavy (non-hydrogen) atoms. The lowest BCUT2D eigenvalue weighted by Gasteiger charge is -2.21. The smallest absolute Gasteiger partial charge is 0.268 e. The second kappa shape index (κ2) is 8.51. The molecule has 1 heterocycles. The van der Waals surface area contributed by atoms with Crippen molar-refractivity contribution >= 4 is 39.6 Å². The Morgan fingerprint density at radius 2 is 1.63 bits per heavy atom. The molecule has 1 unspecified atom stereocenters. The van der Waals surface area contributed by atoms with Crippen molar-refractivity contribution in [2.45, 2.75) is 13.0 Å². The summed E-state index contributed by atoms with van der Waals surface area (Å²) in [6.07, 6.45) is 0. The minimum atomic E-state index is -0.211. The SMILES string of the molecule is CC(NC(=O)c1ccccc1N(C)C(=O)c1cccs1)c1ccc2ccccc2c1. The maximum Gasteiger partial charge on any atom is 0.268 e. The van der Waals surface area contributed by atoms with Crippen molar-refractivity contribution in [2.24, 2.45) is 0 Å². The molecule has 2 amide bonds. The van der Waals surface area contributed by atoms with E-state index in [-0.39, 0.29) is 17.9 Å². The minimum absolute atomic E-state index is 0.132. The Kier molecular flexibility index (Phi) is 5.63. The van der Waals surface area contributed by atoms with Gasteiger partial charge in [-0.05, 0) is 52.9 Å². The number of rotatable bonds is 5. The summed E-state index contributed by atoms with van der Waals surface area (Å²) in [4.78, 5) is 28.0. The Morgan fingerprint density at radius 3 is 2.40 bits per heavy atom. The quantitative estimate of drug-likeness (QED) is 0.457. The molecule has 3 aromatic carbocycles. The van der Waals surface area contributed by atoms with Crippen LogP contribution in [0.15, 0.2) is 84.2 Å². The summed E-state index contributed by atoms with van der Waals surface area (Å²) >= 11 is 1.39. The summed E-state index contributed by atoms with van der Waals surface area (Å²) in [6.45, 7) is 1.96. The highest BCUT2D eigenvalue weighted by molar-refractivity contribution is 7.12. The summed E-state index contributed by atoms with van der Waals surface area (Å²) in [5.41, 5.74) is 2.08. The summed E-state index contributed by atoms with van der Waals surface area (Å²) in [6, 6.07) is 25.0. The minimum Gasteiger partial charge on any atom is -0.345 e. The van der Waals surface area contributed by atoms with E-state index in [0.29, 0.717) is 16.1 Å². The van der Waals surface area contributed by atoms with E-state index >= 15 is 0 Å². The molecule has 4 aromatic rings. The lowest BCUT2D eigenvalue weighted by Crippen LogP contribution is -2.31. The number of carbonyl (C=O) groups excluding carboxylic acids is 2. The van der Waals surface area contributed by atoms with E-state index in [0.717, 1.165) is 10.9 Å². The average molecular weight is 415 g/mol. The zero-order chi connectivity index (χ0) is 21.1. The molecule has 1 N–H and O–H groups in total. The molecule has 0 bridgehead atoms. The molecule has 0 aliphatic rings. The van der Waals surface area contributed by atoms with E-state index in [1.165, 1.54) is 21.6 Å². The van der Waals surface area contributed by atoms with Crippen LogP contribution >= 0.6 is 11.3 Å². The van der Waals surface area contributed by atoms with Gasteiger partial charge >= 0.3 is 0 Å². The molecule has 150 valence electrons. The van der Waals surface area contributed by atoms with E-state index in [1.54, 1.807) is 25.2 Å². The molecule has 0 radical (unpaired) electrons. The normalized spacial score (nSPS) is 11.8. The van der Waals surface area contributed by atoms with Crippen LogP contribution < -0.4 is 10.2 Å². The van der Waals surface area contributed by atoms with Gasteiger partial charge in [0.05, 0.1) is 22.2 Å². The fourth-order valence-electron chi connectivity index (χ4n) is 3.47. The van der Waals surface area contributed by atoms with Crippen molar-refractivity contribution in [3.63, 3.8) is 0 Å². The van der Waals surface area contributed by atoms with Crippen LogP contribution in [0.25, 0.3) is 10.8 Å². The molecule has 0 aliphatic heterocycles. The van der Waals surface area contributed by atoms with Crippen LogP contribution in [0.4, 0.5) is 5.69 Å². The van der Waals surface area contributed by atoms with Gasteiger partial charge in [-0.1, -0.05) is 54.6 Å². The van der Waals surface area contributed by atoms with Crippen molar-refractivity contribution in [3.05, 3.63) is 100 Å². The number of anilines is 1. The van der Waals surface area contributed by atoms with Crippen molar-refractivity contribution in [1.29, 1.82) is 0 Å². The predicted molar refractivity (Wildman–Crippen MR) is 123 cm³/mol. The van der Waals surface area contributed by atoms with Crippen LogP contribution in [-0.2, 0) is 0 Å². The summed E-state index contributed by atoms with van der Waals surface area (Å²) in [5, 5.41) is 7.24. The third kappa shape index (κ3) is 3.98. The molecule has 0 saturated carbocycles. The monoisotopic (exact) mass is 414 g/mol. The second-order valence-corrected chi connectivity index (χ2v) is 8.11. The number of nitrogens with zero attached hydrogens (tertiary/aromatic N) is 1. The predicted octanol–water partition coefficient (Wildman–Crippen LogP) is 5.67. The van der Waals surface area contributed by atoms with Gasteiger partial charge in [0.1, 0.15) is 0 Å². The molecule has 5 heteroatoms. The third-order valence-electron chi connectivity index (χ3n) is 5.17. The molecule has 0 fully saturated rings. The van der Waals surface area contributed by atoms with Crippen LogP contribution in [0.1, 0.15) is 38.6 Å². The zero-order valence-corrected chi connectivity index (χ0v) is 17.6. The van der Waals surface area contributed by atoms with Gasteiger partial charge in [0.25, 0.3) is 11.8 Å². The number of carbonyl (C=O) groups is 2. The maximum atomic E-state index is 13.1. The number of thiophene rings is 1. The van der Waals surface area contributed by atoms with E-state index in [1.807, 2.05) is 48.7 Å². The summed E-state index contributed by atoms with van der Waals surface area (Å²) in [5.74, 6) is -0.343. The standard InChI is InChI=1S/C25H22N2O2S/c1-17(19-14-13-18-8-3-4-9-20(18)16-19)26-24(28)21-10-5-6-11-22(21)27(2)25(29)23-12-7-15-30-23/h3-17H,1-2H3,(H,26,28). The molecule has 4 nitrogen and oxygen atoms in total. The van der Waals surface area contributed by atoms with E-state index in [4.69, 9.17) is 0 Å². The fourth-order valence-corrected chi connectivity index (χ4v) is 4.17. The third-order valence-corrected chi connectivity index (χ3v) is 6.03. The molecular weight excluding hydrogens is 392 g/mol. The lowest BCUT2D eigenvalue weighted by atomic mass is 10.0. The van der Waals surface area contributed by atoms with Gasteiger partial charge < -0.3 is 10.2 Å². The van der Waals surface area contributed by atoms with Crippen LogP contribution in [0.2, 0.25) is 0 Å².